The summed E-state index contributed by atoms with van der Waals surface area (Å²) in [6, 6.07) is 12.6. The monoisotopic (exact) mass is 440 g/mol. The first-order valence-corrected chi connectivity index (χ1v) is 10.9. The third kappa shape index (κ3) is 5.15. The van der Waals surface area contributed by atoms with Crippen molar-refractivity contribution in [3.63, 3.8) is 0 Å². The molecule has 7 nitrogen and oxygen atoms in total. The van der Waals surface area contributed by atoms with Crippen LogP contribution < -0.4 is 19.5 Å². The Morgan fingerprint density at radius 3 is 2.28 bits per heavy atom. The van der Waals surface area contributed by atoms with Gasteiger partial charge in [0.05, 0.1) is 27.2 Å². The topological polar surface area (TPSA) is 77.1 Å². The molecule has 2 atom stereocenters. The molecule has 2 amide bonds. The number of amides is 2. The fourth-order valence-corrected chi connectivity index (χ4v) is 4.11. The van der Waals surface area contributed by atoms with Gasteiger partial charge in [0.2, 0.25) is 5.91 Å². The van der Waals surface area contributed by atoms with Crippen LogP contribution in [0.4, 0.5) is 0 Å². The van der Waals surface area contributed by atoms with E-state index in [0.717, 1.165) is 18.4 Å². The number of methoxy groups -OCH3 is 3. The number of rotatable bonds is 9. The first-order valence-electron chi connectivity index (χ1n) is 10.9. The Hall–Kier alpha value is -3.22. The Balaban J connectivity index is 1.88. The maximum absolute atomic E-state index is 13.2. The standard InChI is InChI=1S/C25H32N2O5/c1-5-6-13-26-24(28)22-16-27(25(29)17-7-9-18(30-2)10-8-17)15-21(22)20-12-11-19(31-3)14-23(20)32-4/h7-12,14,21-22H,5-6,13,15-16H2,1-4H3,(H,26,28)/t21-,22-/m0/s1. The van der Waals surface area contributed by atoms with Gasteiger partial charge in [0.1, 0.15) is 17.2 Å². The molecule has 0 radical (unpaired) electrons. The quantitative estimate of drug-likeness (QED) is 0.604. The highest BCUT2D eigenvalue weighted by atomic mass is 16.5. The third-order valence-corrected chi connectivity index (χ3v) is 5.95. The highest BCUT2D eigenvalue weighted by Gasteiger charge is 2.41. The Labute approximate surface area is 189 Å². The van der Waals surface area contributed by atoms with Crippen LogP contribution in [0, 0.1) is 5.92 Å². The van der Waals surface area contributed by atoms with Crippen molar-refractivity contribution in [2.45, 2.75) is 25.7 Å². The maximum atomic E-state index is 13.2. The minimum absolute atomic E-state index is 0.0358. The molecule has 32 heavy (non-hydrogen) atoms. The number of benzene rings is 2. The van der Waals surface area contributed by atoms with Crippen molar-refractivity contribution >= 4 is 11.8 Å². The molecule has 0 saturated carbocycles. The van der Waals surface area contributed by atoms with E-state index in [1.807, 2.05) is 18.2 Å². The van der Waals surface area contributed by atoms with E-state index in [1.54, 1.807) is 50.5 Å². The van der Waals surface area contributed by atoms with Crippen LogP contribution in [0.5, 0.6) is 17.2 Å². The molecule has 1 heterocycles. The first-order chi connectivity index (χ1) is 15.5. The fourth-order valence-electron chi connectivity index (χ4n) is 4.11. The number of hydrogen-bond donors (Lipinski definition) is 1. The number of hydrogen-bond acceptors (Lipinski definition) is 5. The molecular weight excluding hydrogens is 408 g/mol. The van der Waals surface area contributed by atoms with Gasteiger partial charge < -0.3 is 24.4 Å². The zero-order valence-corrected chi connectivity index (χ0v) is 19.2. The van der Waals surface area contributed by atoms with Gasteiger partial charge in [-0.1, -0.05) is 19.4 Å². The molecule has 172 valence electrons. The minimum atomic E-state index is -0.364. The zero-order valence-electron chi connectivity index (χ0n) is 19.2. The molecule has 1 fully saturated rings. The van der Waals surface area contributed by atoms with Gasteiger partial charge in [-0.3, -0.25) is 9.59 Å². The summed E-state index contributed by atoms with van der Waals surface area (Å²) in [7, 11) is 4.79. The van der Waals surface area contributed by atoms with Crippen molar-refractivity contribution in [2.24, 2.45) is 5.92 Å². The van der Waals surface area contributed by atoms with E-state index in [9.17, 15) is 9.59 Å². The molecule has 1 aliphatic rings. The van der Waals surface area contributed by atoms with Crippen LogP contribution in [-0.2, 0) is 4.79 Å². The molecule has 0 bridgehead atoms. The summed E-state index contributed by atoms with van der Waals surface area (Å²) in [4.78, 5) is 28.0. The second-order valence-corrected chi connectivity index (χ2v) is 7.90. The van der Waals surface area contributed by atoms with Gasteiger partial charge in [-0.05, 0) is 36.8 Å². The molecule has 3 rings (SSSR count). The van der Waals surface area contributed by atoms with Crippen LogP contribution in [0.3, 0.4) is 0 Å². The molecule has 0 aromatic heterocycles. The second-order valence-electron chi connectivity index (χ2n) is 7.90. The smallest absolute Gasteiger partial charge is 0.253 e. The molecule has 1 N–H and O–H groups in total. The van der Waals surface area contributed by atoms with Crippen LogP contribution in [0.2, 0.25) is 0 Å². The Morgan fingerprint density at radius 2 is 1.66 bits per heavy atom. The summed E-state index contributed by atoms with van der Waals surface area (Å²) in [5.41, 5.74) is 1.47. The number of likely N-dealkylation sites (tertiary alicyclic amines) is 1. The summed E-state index contributed by atoms with van der Waals surface area (Å²) >= 11 is 0. The molecule has 0 spiro atoms. The van der Waals surface area contributed by atoms with Crippen LogP contribution >= 0.6 is 0 Å². The number of unbranched alkanes of at least 4 members (excludes halogenated alkanes) is 1. The van der Waals surface area contributed by atoms with E-state index in [0.29, 0.717) is 42.4 Å². The predicted octanol–water partition coefficient (Wildman–Crippen LogP) is 3.48. The number of ether oxygens (including phenoxy) is 3. The zero-order chi connectivity index (χ0) is 23.1. The molecule has 2 aromatic rings. The maximum Gasteiger partial charge on any atom is 0.253 e. The number of carbonyl (C=O) groups excluding carboxylic acids is 2. The Morgan fingerprint density at radius 1 is 0.969 bits per heavy atom. The van der Waals surface area contributed by atoms with Gasteiger partial charge in [-0.25, -0.2) is 0 Å². The van der Waals surface area contributed by atoms with Crippen molar-refractivity contribution in [1.29, 1.82) is 0 Å². The van der Waals surface area contributed by atoms with E-state index in [2.05, 4.69) is 12.2 Å². The van der Waals surface area contributed by atoms with Gasteiger partial charge in [-0.2, -0.15) is 0 Å². The lowest BCUT2D eigenvalue weighted by molar-refractivity contribution is -0.124. The van der Waals surface area contributed by atoms with Gasteiger partial charge in [-0.15, -0.1) is 0 Å². The highest BCUT2D eigenvalue weighted by molar-refractivity contribution is 5.95. The number of nitrogens with zero attached hydrogens (tertiary/aromatic N) is 1. The summed E-state index contributed by atoms with van der Waals surface area (Å²) in [5, 5.41) is 3.04. The largest absolute Gasteiger partial charge is 0.497 e. The molecule has 1 saturated heterocycles. The van der Waals surface area contributed by atoms with Crippen molar-refractivity contribution in [2.75, 3.05) is 41.0 Å². The van der Waals surface area contributed by atoms with E-state index in [-0.39, 0.29) is 23.7 Å². The summed E-state index contributed by atoms with van der Waals surface area (Å²) in [6.45, 7) is 3.49. The number of nitrogens with one attached hydrogen (secondary N) is 1. The Bertz CT molecular complexity index is 928. The normalized spacial score (nSPS) is 17.7. The van der Waals surface area contributed by atoms with E-state index in [4.69, 9.17) is 14.2 Å². The number of carbonyl (C=O) groups is 2. The van der Waals surface area contributed by atoms with Crippen molar-refractivity contribution in [3.05, 3.63) is 53.6 Å². The van der Waals surface area contributed by atoms with Crippen LogP contribution in [0.15, 0.2) is 42.5 Å². The predicted molar refractivity (Wildman–Crippen MR) is 123 cm³/mol. The van der Waals surface area contributed by atoms with Crippen LogP contribution in [-0.4, -0.2) is 57.7 Å². The SMILES string of the molecule is CCCCNC(=O)[C@H]1CN(C(=O)c2ccc(OC)cc2)C[C@H]1c1ccc(OC)cc1OC. The van der Waals surface area contributed by atoms with E-state index < -0.39 is 0 Å². The van der Waals surface area contributed by atoms with Gasteiger partial charge in [0.25, 0.3) is 5.91 Å². The molecular formula is C25H32N2O5. The minimum Gasteiger partial charge on any atom is -0.497 e. The molecule has 0 aliphatic carbocycles. The van der Waals surface area contributed by atoms with Gasteiger partial charge >= 0.3 is 0 Å². The molecule has 1 aliphatic heterocycles. The lowest BCUT2D eigenvalue weighted by Gasteiger charge is -2.21. The lowest BCUT2D eigenvalue weighted by atomic mass is 9.87. The fraction of sp³-hybridized carbons (Fsp3) is 0.440. The Kier molecular flexibility index (Phi) is 7.98. The van der Waals surface area contributed by atoms with E-state index >= 15 is 0 Å². The van der Waals surface area contributed by atoms with Crippen molar-refractivity contribution < 1.29 is 23.8 Å². The van der Waals surface area contributed by atoms with E-state index in [1.165, 1.54) is 0 Å². The third-order valence-electron chi connectivity index (χ3n) is 5.95. The van der Waals surface area contributed by atoms with Gasteiger partial charge in [0, 0.05) is 42.7 Å². The molecule has 2 aromatic carbocycles. The van der Waals surface area contributed by atoms with Crippen LogP contribution in [0.1, 0.15) is 41.6 Å². The average molecular weight is 441 g/mol. The molecule has 7 heteroatoms. The summed E-state index contributed by atoms with van der Waals surface area (Å²) < 4.78 is 16.1. The summed E-state index contributed by atoms with van der Waals surface area (Å²) in [5.74, 6) is 1.34. The van der Waals surface area contributed by atoms with Crippen molar-refractivity contribution in [1.82, 2.24) is 10.2 Å². The van der Waals surface area contributed by atoms with Gasteiger partial charge in [0.15, 0.2) is 0 Å². The lowest BCUT2D eigenvalue weighted by Crippen LogP contribution is -2.36. The first kappa shape index (κ1) is 23.4. The second kappa shape index (κ2) is 10.9. The summed E-state index contributed by atoms with van der Waals surface area (Å²) in [6.07, 6.45) is 1.92. The highest BCUT2D eigenvalue weighted by Crippen LogP contribution is 2.39. The van der Waals surface area contributed by atoms with Crippen molar-refractivity contribution in [3.8, 4) is 17.2 Å². The average Bonchev–Trinajstić information content (AvgIpc) is 3.28. The molecule has 0 unspecified atom stereocenters. The van der Waals surface area contributed by atoms with Crippen LogP contribution in [0.25, 0.3) is 0 Å².